The molecule has 128 valence electrons. The topological polar surface area (TPSA) is 38.2 Å². The highest BCUT2D eigenvalue weighted by Gasteiger charge is 2.20. The number of halogens is 2. The number of rotatable bonds is 4. The van der Waals surface area contributed by atoms with Gasteiger partial charge in [0.1, 0.15) is 12.1 Å². The van der Waals surface area contributed by atoms with Crippen molar-refractivity contribution in [3.05, 3.63) is 58.4 Å². The van der Waals surface area contributed by atoms with Crippen molar-refractivity contribution < 1.29 is 9.13 Å². The van der Waals surface area contributed by atoms with E-state index in [1.54, 1.807) is 12.4 Å². The summed E-state index contributed by atoms with van der Waals surface area (Å²) in [7, 11) is 0. The van der Waals surface area contributed by atoms with Crippen LogP contribution in [0.2, 0.25) is 5.02 Å². The number of hydrogen-bond acceptors (Lipinski definition) is 4. The number of hydrogen-bond donors (Lipinski definition) is 0. The van der Waals surface area contributed by atoms with Crippen molar-refractivity contribution in [3.63, 3.8) is 0 Å². The average molecular weight is 350 g/mol. The first-order chi connectivity index (χ1) is 11.6. The fraction of sp³-hybridized carbons (Fsp3) is 0.444. The van der Waals surface area contributed by atoms with Gasteiger partial charge in [0.15, 0.2) is 0 Å². The molecule has 1 atom stereocenters. The maximum Gasteiger partial charge on any atom is 0.124 e. The van der Waals surface area contributed by atoms with Crippen molar-refractivity contribution in [1.29, 1.82) is 0 Å². The predicted octanol–water partition coefficient (Wildman–Crippen LogP) is 3.27. The summed E-state index contributed by atoms with van der Waals surface area (Å²) < 4.78 is 18.9. The standard InChI is InChI=1S/C18H21ClFN3O/c1-13-6-17(22-12-21-13)7-14-9-23(4-5-24-11-14)10-15-2-3-16(20)8-18(15)19/h2-3,6,8,12,14H,4-5,7,9-11H2,1H3. The summed E-state index contributed by atoms with van der Waals surface area (Å²) in [6.07, 6.45) is 2.47. The van der Waals surface area contributed by atoms with Gasteiger partial charge in [0.25, 0.3) is 0 Å². The Labute approximate surface area is 146 Å². The van der Waals surface area contributed by atoms with Gasteiger partial charge in [0.05, 0.1) is 13.2 Å². The largest absolute Gasteiger partial charge is 0.380 e. The molecule has 1 aromatic heterocycles. The van der Waals surface area contributed by atoms with Gasteiger partial charge in [-0.05, 0) is 37.1 Å². The van der Waals surface area contributed by atoms with Gasteiger partial charge < -0.3 is 4.74 Å². The van der Waals surface area contributed by atoms with Crippen LogP contribution in [0, 0.1) is 18.7 Å². The summed E-state index contributed by atoms with van der Waals surface area (Å²) in [5.41, 5.74) is 2.96. The Kier molecular flexibility index (Phi) is 5.76. The Morgan fingerprint density at radius 2 is 2.21 bits per heavy atom. The minimum absolute atomic E-state index is 0.306. The van der Waals surface area contributed by atoms with Crippen LogP contribution in [0.3, 0.4) is 0 Å². The second-order valence-electron chi connectivity index (χ2n) is 6.27. The third-order valence-corrected chi connectivity index (χ3v) is 4.54. The highest BCUT2D eigenvalue weighted by Crippen LogP contribution is 2.21. The Morgan fingerprint density at radius 1 is 1.33 bits per heavy atom. The predicted molar refractivity (Wildman–Crippen MR) is 91.5 cm³/mol. The Balaban J connectivity index is 1.66. The number of aromatic nitrogens is 2. The summed E-state index contributed by atoms with van der Waals surface area (Å²) >= 11 is 6.16. The van der Waals surface area contributed by atoms with E-state index >= 15 is 0 Å². The Hall–Kier alpha value is -1.56. The van der Waals surface area contributed by atoms with E-state index in [-0.39, 0.29) is 5.82 Å². The van der Waals surface area contributed by atoms with Crippen LogP contribution in [0.25, 0.3) is 0 Å². The maximum atomic E-state index is 13.2. The summed E-state index contributed by atoms with van der Waals surface area (Å²) in [5, 5.41) is 0.475. The van der Waals surface area contributed by atoms with E-state index in [0.717, 1.165) is 43.1 Å². The lowest BCUT2D eigenvalue weighted by atomic mass is 10.0. The lowest BCUT2D eigenvalue weighted by Gasteiger charge is -2.23. The van der Waals surface area contributed by atoms with E-state index in [0.29, 0.717) is 24.1 Å². The molecule has 0 spiro atoms. The smallest absolute Gasteiger partial charge is 0.124 e. The molecule has 0 saturated carbocycles. The molecule has 1 aliphatic rings. The van der Waals surface area contributed by atoms with Crippen molar-refractivity contribution >= 4 is 11.6 Å². The molecule has 1 saturated heterocycles. The van der Waals surface area contributed by atoms with E-state index in [2.05, 4.69) is 14.9 Å². The summed E-state index contributed by atoms with van der Waals surface area (Å²) in [6, 6.07) is 6.60. The molecule has 4 nitrogen and oxygen atoms in total. The van der Waals surface area contributed by atoms with Gasteiger partial charge in [-0.25, -0.2) is 14.4 Å². The normalized spacial score (nSPS) is 19.2. The van der Waals surface area contributed by atoms with Crippen molar-refractivity contribution in [1.82, 2.24) is 14.9 Å². The fourth-order valence-electron chi connectivity index (χ4n) is 3.03. The second kappa shape index (κ2) is 8.01. The van der Waals surface area contributed by atoms with E-state index < -0.39 is 0 Å². The van der Waals surface area contributed by atoms with Crippen LogP contribution in [0.5, 0.6) is 0 Å². The van der Waals surface area contributed by atoms with E-state index in [1.807, 2.05) is 13.0 Å². The molecule has 0 aliphatic carbocycles. The lowest BCUT2D eigenvalue weighted by molar-refractivity contribution is 0.121. The molecular weight excluding hydrogens is 329 g/mol. The molecule has 24 heavy (non-hydrogen) atoms. The molecule has 1 aromatic carbocycles. The van der Waals surface area contributed by atoms with Crippen molar-refractivity contribution in [3.8, 4) is 0 Å². The van der Waals surface area contributed by atoms with Crippen LogP contribution >= 0.6 is 11.6 Å². The molecule has 1 unspecified atom stereocenters. The van der Waals surface area contributed by atoms with Gasteiger partial charge in [-0.15, -0.1) is 0 Å². The molecule has 0 radical (unpaired) electrons. The van der Waals surface area contributed by atoms with Crippen LogP contribution in [-0.4, -0.2) is 41.2 Å². The average Bonchev–Trinajstić information content (AvgIpc) is 2.75. The van der Waals surface area contributed by atoms with Gasteiger partial charge in [-0.2, -0.15) is 0 Å². The van der Waals surface area contributed by atoms with Crippen LogP contribution in [0.15, 0.2) is 30.6 Å². The highest BCUT2D eigenvalue weighted by atomic mass is 35.5. The van der Waals surface area contributed by atoms with Crippen LogP contribution in [0.4, 0.5) is 4.39 Å². The number of nitrogens with zero attached hydrogens (tertiary/aromatic N) is 3. The highest BCUT2D eigenvalue weighted by molar-refractivity contribution is 6.31. The Bertz CT molecular complexity index is 698. The molecule has 0 amide bonds. The van der Waals surface area contributed by atoms with Gasteiger partial charge >= 0.3 is 0 Å². The van der Waals surface area contributed by atoms with E-state index in [1.165, 1.54) is 12.1 Å². The molecule has 1 aliphatic heterocycles. The number of ether oxygens (including phenoxy) is 1. The number of benzene rings is 1. The van der Waals surface area contributed by atoms with E-state index in [9.17, 15) is 4.39 Å². The molecule has 2 aromatic rings. The molecule has 3 rings (SSSR count). The first-order valence-electron chi connectivity index (χ1n) is 8.11. The Morgan fingerprint density at radius 3 is 3.00 bits per heavy atom. The van der Waals surface area contributed by atoms with Crippen molar-refractivity contribution in [2.24, 2.45) is 5.92 Å². The van der Waals surface area contributed by atoms with Gasteiger partial charge in [-0.3, -0.25) is 4.90 Å². The van der Waals surface area contributed by atoms with Crippen LogP contribution in [-0.2, 0) is 17.7 Å². The minimum Gasteiger partial charge on any atom is -0.380 e. The minimum atomic E-state index is -0.306. The summed E-state index contributed by atoms with van der Waals surface area (Å²) in [6.45, 7) is 5.82. The summed E-state index contributed by atoms with van der Waals surface area (Å²) in [5.74, 6) is 0.0565. The quantitative estimate of drug-likeness (QED) is 0.849. The van der Waals surface area contributed by atoms with Crippen molar-refractivity contribution in [2.75, 3.05) is 26.3 Å². The third kappa shape index (κ3) is 4.72. The zero-order valence-electron chi connectivity index (χ0n) is 13.7. The van der Waals surface area contributed by atoms with Crippen LogP contribution < -0.4 is 0 Å². The molecule has 0 N–H and O–H groups in total. The molecular formula is C18H21ClFN3O. The molecule has 2 heterocycles. The third-order valence-electron chi connectivity index (χ3n) is 4.19. The van der Waals surface area contributed by atoms with Crippen LogP contribution in [0.1, 0.15) is 17.0 Å². The molecule has 6 heteroatoms. The zero-order valence-corrected chi connectivity index (χ0v) is 14.5. The first kappa shape index (κ1) is 17.3. The lowest BCUT2D eigenvalue weighted by Crippen LogP contribution is -2.30. The van der Waals surface area contributed by atoms with Gasteiger partial charge in [0.2, 0.25) is 0 Å². The molecule has 0 bridgehead atoms. The monoisotopic (exact) mass is 349 g/mol. The number of aryl methyl sites for hydroxylation is 1. The van der Waals surface area contributed by atoms with Crippen molar-refractivity contribution in [2.45, 2.75) is 19.9 Å². The fourth-order valence-corrected chi connectivity index (χ4v) is 3.25. The summed E-state index contributed by atoms with van der Waals surface area (Å²) in [4.78, 5) is 10.8. The van der Waals surface area contributed by atoms with E-state index in [4.69, 9.17) is 16.3 Å². The van der Waals surface area contributed by atoms with Gasteiger partial charge in [-0.1, -0.05) is 17.7 Å². The van der Waals surface area contributed by atoms with Gasteiger partial charge in [0, 0.05) is 42.0 Å². The maximum absolute atomic E-state index is 13.2. The SMILES string of the molecule is Cc1cc(CC2COCCN(Cc3ccc(F)cc3Cl)C2)ncn1. The first-order valence-corrected chi connectivity index (χ1v) is 8.49. The second-order valence-corrected chi connectivity index (χ2v) is 6.67. The molecule has 1 fully saturated rings. The zero-order chi connectivity index (χ0) is 16.9.